The number of fused-ring (bicyclic) bond motifs is 1. The highest BCUT2D eigenvalue weighted by molar-refractivity contribution is 7.85. The molecular weight excluding hydrogens is 492 g/mol. The Morgan fingerprint density at radius 3 is 2.41 bits per heavy atom. The first-order valence-corrected chi connectivity index (χ1v) is 14.1. The Morgan fingerprint density at radius 2 is 1.73 bits per heavy atom. The van der Waals surface area contributed by atoms with Gasteiger partial charge in [0.2, 0.25) is 0 Å². The number of carbonyl (C=O) groups is 1. The van der Waals surface area contributed by atoms with Crippen molar-refractivity contribution in [1.82, 2.24) is 0 Å². The normalized spacial score (nSPS) is 11.8. The van der Waals surface area contributed by atoms with E-state index < -0.39 is 16.1 Å². The second-order valence-corrected chi connectivity index (χ2v) is 10.6. The van der Waals surface area contributed by atoms with Crippen LogP contribution in [0.2, 0.25) is 0 Å². The lowest BCUT2D eigenvalue weighted by Crippen LogP contribution is -2.32. The van der Waals surface area contributed by atoms with Crippen LogP contribution in [0, 0.1) is 0 Å². The molecule has 0 saturated carbocycles. The first-order valence-electron chi connectivity index (χ1n) is 12.5. The molecule has 0 atom stereocenters. The number of carboxylic acids is 1. The number of aliphatic carboxylic acids is 1. The molecule has 8 nitrogen and oxygen atoms in total. The molecule has 0 aliphatic heterocycles. The summed E-state index contributed by atoms with van der Waals surface area (Å²) in [6.07, 6.45) is 10.9. The molecule has 0 fully saturated rings. The highest BCUT2D eigenvalue weighted by atomic mass is 32.2. The number of benzene rings is 2. The third kappa shape index (κ3) is 9.18. The Morgan fingerprint density at radius 1 is 0.973 bits per heavy atom. The van der Waals surface area contributed by atoms with Gasteiger partial charge in [0.05, 0.1) is 5.75 Å². The lowest BCUT2D eigenvalue weighted by Gasteiger charge is -2.23. The van der Waals surface area contributed by atoms with E-state index in [1.54, 1.807) is 6.07 Å². The van der Waals surface area contributed by atoms with Crippen molar-refractivity contribution in [2.75, 3.05) is 23.7 Å². The molecule has 0 amide bonds. The minimum Gasteiger partial charge on any atom is -0.507 e. The number of phenols is 1. The van der Waals surface area contributed by atoms with Gasteiger partial charge in [-0.2, -0.15) is 8.42 Å². The lowest BCUT2D eigenvalue weighted by atomic mass is 10.0. The van der Waals surface area contributed by atoms with Crippen LogP contribution in [0.5, 0.6) is 5.75 Å². The van der Waals surface area contributed by atoms with E-state index in [4.69, 9.17) is 9.66 Å². The van der Waals surface area contributed by atoms with Crippen molar-refractivity contribution in [3.63, 3.8) is 0 Å². The number of carboxylic acid groups (broad SMARTS) is 1. The molecular formula is C28H35N2O6S+. The molecule has 0 bridgehead atoms. The molecule has 9 heteroatoms. The summed E-state index contributed by atoms with van der Waals surface area (Å²) in [5.41, 5.74) is 2.63. The van der Waals surface area contributed by atoms with Gasteiger partial charge in [0.25, 0.3) is 10.1 Å². The molecule has 0 saturated heterocycles. The Labute approximate surface area is 218 Å². The number of aromatic hydroxyl groups is 1. The number of rotatable bonds is 14. The van der Waals surface area contributed by atoms with E-state index in [2.05, 4.69) is 4.57 Å². The third-order valence-corrected chi connectivity index (χ3v) is 7.03. The SMILES string of the molecule is CCN(CCCS(=O)(=O)O)c1ccc2cc(/C=C/c3cc[n+](CCCCCC(=O)O)cc3)c(O)cc2c1. The second-order valence-electron chi connectivity index (χ2n) is 9.07. The molecule has 0 aliphatic rings. The molecule has 0 aliphatic carbocycles. The van der Waals surface area contributed by atoms with Crippen LogP contribution in [0.15, 0.2) is 54.9 Å². The minimum absolute atomic E-state index is 0.169. The molecule has 37 heavy (non-hydrogen) atoms. The monoisotopic (exact) mass is 527 g/mol. The van der Waals surface area contributed by atoms with Gasteiger partial charge in [-0.25, -0.2) is 4.57 Å². The fraction of sp³-hybridized carbons (Fsp3) is 0.357. The number of hydrogen-bond donors (Lipinski definition) is 3. The van der Waals surface area contributed by atoms with Crippen molar-refractivity contribution >= 4 is 44.7 Å². The molecule has 3 aromatic rings. The average Bonchev–Trinajstić information content (AvgIpc) is 2.85. The molecule has 1 heterocycles. The zero-order chi connectivity index (χ0) is 26.8. The molecule has 0 unspecified atom stereocenters. The highest BCUT2D eigenvalue weighted by Crippen LogP contribution is 2.30. The molecule has 3 N–H and O–H groups in total. The predicted molar refractivity (Wildman–Crippen MR) is 146 cm³/mol. The number of nitrogens with zero attached hydrogens (tertiary/aromatic N) is 2. The van der Waals surface area contributed by atoms with Gasteiger partial charge in [-0.1, -0.05) is 18.2 Å². The van der Waals surface area contributed by atoms with Crippen LogP contribution in [-0.4, -0.2) is 48.0 Å². The minimum atomic E-state index is -3.98. The van der Waals surface area contributed by atoms with E-state index >= 15 is 0 Å². The van der Waals surface area contributed by atoms with Gasteiger partial charge in [-0.3, -0.25) is 9.35 Å². The Hall–Kier alpha value is -3.43. The summed E-state index contributed by atoms with van der Waals surface area (Å²) in [6.45, 7) is 4.01. The summed E-state index contributed by atoms with van der Waals surface area (Å²) in [4.78, 5) is 12.6. The standard InChI is InChI=1S/C28H34N2O6S/c1-2-30(15-6-18-37(34,35)36)26-11-10-23-19-24(27(31)21-25(23)20-26)9-8-22-12-16-29(17-13-22)14-5-3-4-7-28(32)33/h8-13,16-17,19-21H,2-7,14-15,18H2,1H3,(H2,32,33,34,35,36)/p+1. The van der Waals surface area contributed by atoms with Gasteiger partial charge in [0.15, 0.2) is 12.4 Å². The van der Waals surface area contributed by atoms with Crippen molar-refractivity contribution in [2.45, 2.75) is 45.6 Å². The summed E-state index contributed by atoms with van der Waals surface area (Å²) in [6, 6.07) is 13.6. The van der Waals surface area contributed by atoms with Gasteiger partial charge in [-0.05, 0) is 66.8 Å². The van der Waals surface area contributed by atoms with Crippen LogP contribution < -0.4 is 9.47 Å². The second kappa shape index (κ2) is 13.2. The maximum atomic E-state index is 11.0. The third-order valence-electron chi connectivity index (χ3n) is 6.23. The summed E-state index contributed by atoms with van der Waals surface area (Å²) < 4.78 is 33.0. The summed E-state index contributed by atoms with van der Waals surface area (Å²) in [5, 5.41) is 21.2. The Balaban J connectivity index is 1.64. The molecule has 0 radical (unpaired) electrons. The van der Waals surface area contributed by atoms with E-state index in [1.807, 2.05) is 72.8 Å². The largest absolute Gasteiger partial charge is 0.507 e. The Bertz CT molecular complexity index is 1340. The van der Waals surface area contributed by atoms with E-state index in [1.165, 1.54) is 0 Å². The van der Waals surface area contributed by atoms with Crippen molar-refractivity contribution in [1.29, 1.82) is 0 Å². The molecule has 1 aromatic heterocycles. The average molecular weight is 528 g/mol. The highest BCUT2D eigenvalue weighted by Gasteiger charge is 2.10. The number of pyridine rings is 1. The van der Waals surface area contributed by atoms with Crippen LogP contribution in [0.3, 0.4) is 0 Å². The van der Waals surface area contributed by atoms with Gasteiger partial charge >= 0.3 is 5.97 Å². The van der Waals surface area contributed by atoms with Crippen molar-refractivity contribution < 1.29 is 32.5 Å². The summed E-state index contributed by atoms with van der Waals surface area (Å²) in [7, 11) is -3.98. The van der Waals surface area contributed by atoms with Crippen molar-refractivity contribution in [3.05, 3.63) is 66.0 Å². The van der Waals surface area contributed by atoms with Crippen LogP contribution in [-0.2, 0) is 21.5 Å². The number of unbranched alkanes of at least 4 members (excludes halogenated alkanes) is 2. The van der Waals surface area contributed by atoms with Gasteiger partial charge in [0, 0.05) is 49.3 Å². The molecule has 198 valence electrons. The summed E-state index contributed by atoms with van der Waals surface area (Å²) >= 11 is 0. The van der Waals surface area contributed by atoms with Gasteiger partial charge in [-0.15, -0.1) is 0 Å². The van der Waals surface area contributed by atoms with E-state index in [0.717, 1.165) is 41.4 Å². The number of anilines is 1. The van der Waals surface area contributed by atoms with Crippen molar-refractivity contribution in [3.8, 4) is 5.75 Å². The zero-order valence-corrected chi connectivity index (χ0v) is 21.9. The molecule has 3 rings (SSSR count). The molecule has 0 spiro atoms. The van der Waals surface area contributed by atoms with E-state index in [-0.39, 0.29) is 17.9 Å². The fourth-order valence-corrected chi connectivity index (χ4v) is 4.68. The number of hydrogen-bond acceptors (Lipinski definition) is 5. The number of phenolic OH excluding ortho intramolecular Hbond substituents is 1. The topological polar surface area (TPSA) is 119 Å². The first-order chi connectivity index (χ1) is 17.6. The van der Waals surface area contributed by atoms with Gasteiger partial charge < -0.3 is 15.1 Å². The summed E-state index contributed by atoms with van der Waals surface area (Å²) in [5.74, 6) is -0.855. The first kappa shape index (κ1) is 28.1. The maximum Gasteiger partial charge on any atom is 0.303 e. The fourth-order valence-electron chi connectivity index (χ4n) is 4.19. The number of aromatic nitrogens is 1. The van der Waals surface area contributed by atoms with Crippen LogP contribution >= 0.6 is 0 Å². The Kier molecular flexibility index (Phi) is 10.0. The van der Waals surface area contributed by atoms with E-state index in [9.17, 15) is 18.3 Å². The maximum absolute atomic E-state index is 11.0. The number of aryl methyl sites for hydroxylation is 1. The van der Waals surface area contributed by atoms with Crippen LogP contribution in [0.4, 0.5) is 5.69 Å². The molecule has 2 aromatic carbocycles. The van der Waals surface area contributed by atoms with Crippen LogP contribution in [0.25, 0.3) is 22.9 Å². The van der Waals surface area contributed by atoms with E-state index in [0.29, 0.717) is 31.5 Å². The lowest BCUT2D eigenvalue weighted by molar-refractivity contribution is -0.697. The van der Waals surface area contributed by atoms with Crippen LogP contribution in [0.1, 0.15) is 50.2 Å². The zero-order valence-electron chi connectivity index (χ0n) is 21.1. The van der Waals surface area contributed by atoms with Gasteiger partial charge in [0.1, 0.15) is 12.3 Å². The quantitative estimate of drug-likeness (QED) is 0.157. The smallest absolute Gasteiger partial charge is 0.303 e. The van der Waals surface area contributed by atoms with Crippen molar-refractivity contribution in [2.24, 2.45) is 0 Å². The predicted octanol–water partition coefficient (Wildman–Crippen LogP) is 4.75.